The van der Waals surface area contributed by atoms with Gasteiger partial charge in [0.2, 0.25) is 0 Å². The van der Waals surface area contributed by atoms with Crippen molar-refractivity contribution in [2.45, 2.75) is 39.0 Å². The zero-order valence-corrected chi connectivity index (χ0v) is 12.9. The first kappa shape index (κ1) is 15.7. The number of likely N-dealkylation sites (tertiary alicyclic amines) is 1. The number of hydrogen-bond acceptors (Lipinski definition) is 5. The van der Waals surface area contributed by atoms with Crippen LogP contribution in [0.1, 0.15) is 55.3 Å². The Bertz CT molecular complexity index is 483. The molecule has 0 atom stereocenters. The molecule has 6 heteroatoms. The third-order valence-electron chi connectivity index (χ3n) is 3.70. The number of hydrogen-bond donors (Lipinski definition) is 2. The van der Waals surface area contributed by atoms with Gasteiger partial charge in [-0.2, -0.15) is 0 Å². The number of aromatic nitrogens is 2. The minimum absolute atomic E-state index is 0.173. The molecule has 0 bridgehead atoms. The summed E-state index contributed by atoms with van der Waals surface area (Å²) in [5.41, 5.74) is 6.42. The van der Waals surface area contributed by atoms with E-state index in [2.05, 4.69) is 20.2 Å². The largest absolute Gasteiger partial charge is 0.396 e. The summed E-state index contributed by atoms with van der Waals surface area (Å²) in [5.74, 6) is 0.608. The Balaban J connectivity index is 1.83. The van der Waals surface area contributed by atoms with E-state index in [4.69, 9.17) is 5.73 Å². The van der Waals surface area contributed by atoms with Crippen molar-refractivity contribution >= 4 is 11.6 Å². The number of anilines is 1. The molecule has 21 heavy (non-hydrogen) atoms. The van der Waals surface area contributed by atoms with Gasteiger partial charge in [0.05, 0.1) is 11.9 Å². The fraction of sp³-hybridized carbons (Fsp3) is 0.667. The Morgan fingerprint density at radius 1 is 1.43 bits per heavy atom. The molecule has 0 aliphatic carbocycles. The molecular formula is C15H25N5O. The molecule has 1 aliphatic heterocycles. The summed E-state index contributed by atoms with van der Waals surface area (Å²) < 4.78 is 0. The zero-order valence-electron chi connectivity index (χ0n) is 12.9. The molecule has 116 valence electrons. The van der Waals surface area contributed by atoms with Gasteiger partial charge in [-0.15, -0.1) is 0 Å². The van der Waals surface area contributed by atoms with Crippen molar-refractivity contribution in [1.29, 1.82) is 0 Å². The predicted octanol–water partition coefficient (Wildman–Crippen LogP) is 1.40. The molecule has 2 heterocycles. The molecule has 0 spiro atoms. The number of carbonyl (C=O) groups excluding carboxylic acids is 1. The van der Waals surface area contributed by atoms with E-state index in [0.29, 0.717) is 18.1 Å². The van der Waals surface area contributed by atoms with Gasteiger partial charge in [0.1, 0.15) is 5.82 Å². The lowest BCUT2D eigenvalue weighted by Gasteiger charge is -2.14. The second kappa shape index (κ2) is 7.36. The highest BCUT2D eigenvalue weighted by Crippen LogP contribution is 2.13. The summed E-state index contributed by atoms with van der Waals surface area (Å²) in [5, 5.41) is 2.89. The first-order chi connectivity index (χ1) is 10.1. The van der Waals surface area contributed by atoms with Crippen LogP contribution in [0.3, 0.4) is 0 Å². The number of rotatable bonds is 6. The van der Waals surface area contributed by atoms with Gasteiger partial charge in [0.25, 0.3) is 5.91 Å². The summed E-state index contributed by atoms with van der Waals surface area (Å²) in [6, 6.07) is 0. The lowest BCUT2D eigenvalue weighted by atomic mass is 10.2. The summed E-state index contributed by atoms with van der Waals surface area (Å²) >= 11 is 0. The summed E-state index contributed by atoms with van der Waals surface area (Å²) in [4.78, 5) is 23.0. The van der Waals surface area contributed by atoms with Gasteiger partial charge in [0, 0.05) is 12.5 Å². The van der Waals surface area contributed by atoms with Crippen LogP contribution < -0.4 is 11.1 Å². The third kappa shape index (κ3) is 4.39. The number of nitrogens with zero attached hydrogens (tertiary/aromatic N) is 3. The minimum Gasteiger partial charge on any atom is -0.396 e. The molecule has 3 N–H and O–H groups in total. The second-order valence-electron chi connectivity index (χ2n) is 5.85. The van der Waals surface area contributed by atoms with E-state index in [0.717, 1.165) is 13.0 Å². The SMILES string of the molecule is CC(C)c1ncc(N)c(C(=O)NCCCN2CCCC2)n1. The molecule has 1 fully saturated rings. The Kier molecular flexibility index (Phi) is 5.50. The number of nitrogens with one attached hydrogen (secondary N) is 1. The van der Waals surface area contributed by atoms with Gasteiger partial charge >= 0.3 is 0 Å². The van der Waals surface area contributed by atoms with Crippen LogP contribution in [0.5, 0.6) is 0 Å². The van der Waals surface area contributed by atoms with Crippen molar-refractivity contribution in [2.75, 3.05) is 31.9 Å². The lowest BCUT2D eigenvalue weighted by molar-refractivity contribution is 0.0947. The second-order valence-corrected chi connectivity index (χ2v) is 5.85. The van der Waals surface area contributed by atoms with Gasteiger partial charge in [-0.25, -0.2) is 9.97 Å². The maximum Gasteiger partial charge on any atom is 0.272 e. The van der Waals surface area contributed by atoms with Crippen molar-refractivity contribution in [2.24, 2.45) is 0 Å². The van der Waals surface area contributed by atoms with Crippen LogP contribution >= 0.6 is 0 Å². The van der Waals surface area contributed by atoms with Crippen molar-refractivity contribution in [1.82, 2.24) is 20.2 Å². The van der Waals surface area contributed by atoms with Crippen molar-refractivity contribution in [3.05, 3.63) is 17.7 Å². The van der Waals surface area contributed by atoms with E-state index in [-0.39, 0.29) is 17.5 Å². The normalized spacial score (nSPS) is 15.6. The van der Waals surface area contributed by atoms with Crippen molar-refractivity contribution in [3.63, 3.8) is 0 Å². The molecule has 6 nitrogen and oxygen atoms in total. The Hall–Kier alpha value is -1.69. The average molecular weight is 291 g/mol. The van der Waals surface area contributed by atoms with E-state index in [1.165, 1.54) is 32.1 Å². The van der Waals surface area contributed by atoms with E-state index < -0.39 is 0 Å². The fourth-order valence-electron chi connectivity index (χ4n) is 2.46. The molecule has 2 rings (SSSR count). The molecular weight excluding hydrogens is 266 g/mol. The van der Waals surface area contributed by atoms with Gasteiger partial charge in [-0.3, -0.25) is 4.79 Å². The van der Waals surface area contributed by atoms with E-state index in [1.807, 2.05) is 13.8 Å². The van der Waals surface area contributed by atoms with Crippen LogP contribution in [0.2, 0.25) is 0 Å². The van der Waals surface area contributed by atoms with Crippen LogP contribution in [0.25, 0.3) is 0 Å². The highest BCUT2D eigenvalue weighted by Gasteiger charge is 2.15. The summed E-state index contributed by atoms with van der Waals surface area (Å²) in [6.07, 6.45) is 5.05. The van der Waals surface area contributed by atoms with E-state index >= 15 is 0 Å². The lowest BCUT2D eigenvalue weighted by Crippen LogP contribution is -2.30. The Labute approximate surface area is 126 Å². The van der Waals surface area contributed by atoms with Crippen LogP contribution in [0.4, 0.5) is 5.69 Å². The van der Waals surface area contributed by atoms with E-state index in [1.54, 1.807) is 0 Å². The van der Waals surface area contributed by atoms with Gasteiger partial charge < -0.3 is 16.0 Å². The van der Waals surface area contributed by atoms with Crippen molar-refractivity contribution < 1.29 is 4.79 Å². The Morgan fingerprint density at radius 3 is 2.81 bits per heavy atom. The summed E-state index contributed by atoms with van der Waals surface area (Å²) in [6.45, 7) is 8.04. The summed E-state index contributed by atoms with van der Waals surface area (Å²) in [7, 11) is 0. The number of amides is 1. The first-order valence-corrected chi connectivity index (χ1v) is 7.71. The number of nitrogens with two attached hydrogens (primary N) is 1. The standard InChI is InChI=1S/C15H25N5O/c1-11(2)14-18-10-12(16)13(19-14)15(21)17-6-5-9-20-7-3-4-8-20/h10-11H,3-9,16H2,1-2H3,(H,17,21). The monoisotopic (exact) mass is 291 g/mol. The van der Waals surface area contributed by atoms with Crippen LogP contribution in [0.15, 0.2) is 6.20 Å². The fourth-order valence-corrected chi connectivity index (χ4v) is 2.46. The quantitative estimate of drug-likeness (QED) is 0.774. The number of nitrogen functional groups attached to an aromatic ring is 1. The third-order valence-corrected chi connectivity index (χ3v) is 3.70. The highest BCUT2D eigenvalue weighted by molar-refractivity contribution is 5.96. The molecule has 1 aromatic rings. The molecule has 0 saturated carbocycles. The van der Waals surface area contributed by atoms with Gasteiger partial charge in [-0.05, 0) is 38.9 Å². The van der Waals surface area contributed by atoms with Crippen LogP contribution in [0, 0.1) is 0 Å². The number of carbonyl (C=O) groups is 1. The highest BCUT2D eigenvalue weighted by atomic mass is 16.1. The molecule has 1 saturated heterocycles. The average Bonchev–Trinajstić information content (AvgIpc) is 2.96. The van der Waals surface area contributed by atoms with Crippen LogP contribution in [-0.4, -0.2) is 47.0 Å². The van der Waals surface area contributed by atoms with Crippen molar-refractivity contribution in [3.8, 4) is 0 Å². The van der Waals surface area contributed by atoms with E-state index in [9.17, 15) is 4.79 Å². The molecule has 0 unspecified atom stereocenters. The molecule has 0 radical (unpaired) electrons. The molecule has 1 amide bonds. The molecule has 1 aromatic heterocycles. The topological polar surface area (TPSA) is 84.1 Å². The zero-order chi connectivity index (χ0) is 15.2. The first-order valence-electron chi connectivity index (χ1n) is 7.71. The maximum atomic E-state index is 12.1. The molecule has 0 aromatic carbocycles. The Morgan fingerprint density at radius 2 is 2.14 bits per heavy atom. The molecule has 1 aliphatic rings. The minimum atomic E-state index is -0.210. The van der Waals surface area contributed by atoms with Crippen LogP contribution in [-0.2, 0) is 0 Å². The maximum absolute atomic E-state index is 12.1. The van der Waals surface area contributed by atoms with Gasteiger partial charge in [-0.1, -0.05) is 13.8 Å². The predicted molar refractivity (Wildman–Crippen MR) is 83.2 cm³/mol. The van der Waals surface area contributed by atoms with Gasteiger partial charge in [0.15, 0.2) is 5.69 Å². The smallest absolute Gasteiger partial charge is 0.272 e.